The lowest BCUT2D eigenvalue weighted by Crippen LogP contribution is -1.94. The summed E-state index contributed by atoms with van der Waals surface area (Å²) in [7, 11) is 0. The van der Waals surface area contributed by atoms with Crippen molar-refractivity contribution in [1.29, 1.82) is 0 Å². The van der Waals surface area contributed by atoms with E-state index >= 15 is 0 Å². The lowest BCUT2D eigenvalue weighted by molar-refractivity contribution is 0.409. The molecular formula is C17H10F2N4O2. The number of ether oxygens (including phenoxy) is 1. The SMILES string of the molecule is Oc1ccc(-c2[nH]nc3nc(Oc4ccc(F)cc4F)ncc23)cc1. The van der Waals surface area contributed by atoms with E-state index in [9.17, 15) is 13.9 Å². The standard InChI is InChI=1S/C17H10F2N4O2/c18-10-3-6-14(13(19)7-10)25-17-20-8-12-15(22-23-16(12)21-17)9-1-4-11(24)5-2-9/h1-8,24H,(H,20,21,22,23). The third-order valence-electron chi connectivity index (χ3n) is 3.54. The molecule has 0 radical (unpaired) electrons. The summed E-state index contributed by atoms with van der Waals surface area (Å²) < 4.78 is 31.8. The van der Waals surface area contributed by atoms with Gasteiger partial charge in [0.2, 0.25) is 0 Å². The van der Waals surface area contributed by atoms with Gasteiger partial charge < -0.3 is 9.84 Å². The molecule has 0 bridgehead atoms. The van der Waals surface area contributed by atoms with E-state index in [-0.39, 0.29) is 17.5 Å². The van der Waals surface area contributed by atoms with Crippen LogP contribution >= 0.6 is 0 Å². The van der Waals surface area contributed by atoms with Gasteiger partial charge in [0.1, 0.15) is 11.6 Å². The Kier molecular flexibility index (Phi) is 3.50. The maximum Gasteiger partial charge on any atom is 0.324 e. The smallest absolute Gasteiger partial charge is 0.324 e. The monoisotopic (exact) mass is 340 g/mol. The first kappa shape index (κ1) is 15.0. The van der Waals surface area contributed by atoms with E-state index in [1.165, 1.54) is 6.20 Å². The zero-order valence-electron chi connectivity index (χ0n) is 12.6. The zero-order valence-corrected chi connectivity index (χ0v) is 12.6. The van der Waals surface area contributed by atoms with E-state index in [2.05, 4.69) is 20.2 Å². The number of benzene rings is 2. The van der Waals surface area contributed by atoms with Crippen LogP contribution in [0.5, 0.6) is 17.5 Å². The third-order valence-corrected chi connectivity index (χ3v) is 3.54. The number of aromatic nitrogens is 4. The molecule has 0 saturated carbocycles. The van der Waals surface area contributed by atoms with E-state index in [1.807, 2.05) is 0 Å². The fourth-order valence-electron chi connectivity index (χ4n) is 2.34. The molecule has 2 aromatic heterocycles. The van der Waals surface area contributed by atoms with Gasteiger partial charge in [-0.1, -0.05) is 0 Å². The van der Waals surface area contributed by atoms with Crippen molar-refractivity contribution >= 4 is 11.0 Å². The Bertz CT molecular complexity index is 1060. The van der Waals surface area contributed by atoms with Crippen LogP contribution in [0.25, 0.3) is 22.3 Å². The number of hydrogen-bond donors (Lipinski definition) is 2. The highest BCUT2D eigenvalue weighted by Gasteiger charge is 2.13. The Labute approximate surface area is 139 Å². The number of hydrogen-bond acceptors (Lipinski definition) is 5. The molecule has 8 heteroatoms. The van der Waals surface area contributed by atoms with Crippen molar-refractivity contribution in [3.05, 3.63) is 60.3 Å². The number of phenolic OH excluding ortho intramolecular Hbond substituents is 1. The van der Waals surface area contributed by atoms with Crippen molar-refractivity contribution in [2.45, 2.75) is 0 Å². The summed E-state index contributed by atoms with van der Waals surface area (Å²) in [6.07, 6.45) is 1.49. The van der Waals surface area contributed by atoms with Crippen molar-refractivity contribution in [1.82, 2.24) is 20.2 Å². The van der Waals surface area contributed by atoms with E-state index in [1.54, 1.807) is 24.3 Å². The molecule has 0 aliphatic heterocycles. The lowest BCUT2D eigenvalue weighted by Gasteiger charge is -2.04. The van der Waals surface area contributed by atoms with Gasteiger partial charge in [-0.25, -0.2) is 13.8 Å². The van der Waals surface area contributed by atoms with Crippen molar-refractivity contribution in [2.75, 3.05) is 0 Å². The Balaban J connectivity index is 1.68. The van der Waals surface area contributed by atoms with E-state index in [0.29, 0.717) is 22.8 Å². The molecule has 4 aromatic rings. The number of phenols is 1. The lowest BCUT2D eigenvalue weighted by atomic mass is 10.1. The number of aromatic hydroxyl groups is 1. The minimum absolute atomic E-state index is 0.109. The summed E-state index contributed by atoms with van der Waals surface area (Å²) in [6, 6.07) is 9.39. The van der Waals surface area contributed by atoms with Crippen molar-refractivity contribution in [3.63, 3.8) is 0 Å². The van der Waals surface area contributed by atoms with Crippen LogP contribution in [0.2, 0.25) is 0 Å². The molecule has 0 aliphatic rings. The second-order valence-electron chi connectivity index (χ2n) is 5.21. The highest BCUT2D eigenvalue weighted by Crippen LogP contribution is 2.28. The highest BCUT2D eigenvalue weighted by molar-refractivity contribution is 5.90. The minimum atomic E-state index is -0.851. The van der Waals surface area contributed by atoms with E-state index in [0.717, 1.165) is 17.7 Å². The van der Waals surface area contributed by atoms with Gasteiger partial charge in [-0.15, -0.1) is 0 Å². The van der Waals surface area contributed by atoms with Crippen LogP contribution in [0.15, 0.2) is 48.7 Å². The predicted octanol–water partition coefficient (Wildman–Crippen LogP) is 3.80. The Morgan fingerprint density at radius 2 is 1.84 bits per heavy atom. The molecule has 0 spiro atoms. The van der Waals surface area contributed by atoms with Gasteiger partial charge in [0.25, 0.3) is 0 Å². The fraction of sp³-hybridized carbons (Fsp3) is 0. The molecule has 6 nitrogen and oxygen atoms in total. The molecular weight excluding hydrogens is 330 g/mol. The molecule has 124 valence electrons. The van der Waals surface area contributed by atoms with Gasteiger partial charge in [0, 0.05) is 17.8 Å². The van der Waals surface area contributed by atoms with Gasteiger partial charge in [0.15, 0.2) is 17.2 Å². The largest absolute Gasteiger partial charge is 0.508 e. The van der Waals surface area contributed by atoms with E-state index < -0.39 is 11.6 Å². The van der Waals surface area contributed by atoms with Crippen LogP contribution in [-0.4, -0.2) is 25.3 Å². The Hall–Kier alpha value is -3.55. The molecule has 2 N–H and O–H groups in total. The second-order valence-corrected chi connectivity index (χ2v) is 5.21. The van der Waals surface area contributed by atoms with E-state index in [4.69, 9.17) is 4.74 Å². The van der Waals surface area contributed by atoms with Crippen molar-refractivity contribution in [2.24, 2.45) is 0 Å². The van der Waals surface area contributed by atoms with Crippen LogP contribution in [-0.2, 0) is 0 Å². The average molecular weight is 340 g/mol. The van der Waals surface area contributed by atoms with Gasteiger partial charge in [-0.3, -0.25) is 5.10 Å². The molecule has 0 unspecified atom stereocenters. The van der Waals surface area contributed by atoms with Gasteiger partial charge >= 0.3 is 6.01 Å². The summed E-state index contributed by atoms with van der Waals surface area (Å²) >= 11 is 0. The number of nitrogens with zero attached hydrogens (tertiary/aromatic N) is 3. The molecule has 25 heavy (non-hydrogen) atoms. The van der Waals surface area contributed by atoms with Crippen molar-refractivity contribution in [3.8, 4) is 28.8 Å². The van der Waals surface area contributed by atoms with Gasteiger partial charge in [-0.05, 0) is 36.4 Å². The second kappa shape index (κ2) is 5.82. The number of nitrogens with one attached hydrogen (secondary N) is 1. The normalized spacial score (nSPS) is 11.0. The molecule has 2 aromatic carbocycles. The number of halogens is 2. The van der Waals surface area contributed by atoms with Crippen LogP contribution in [0.1, 0.15) is 0 Å². The third kappa shape index (κ3) is 2.85. The molecule has 0 amide bonds. The molecule has 0 fully saturated rings. The molecule has 2 heterocycles. The number of H-pyrrole nitrogens is 1. The summed E-state index contributed by atoms with van der Waals surface area (Å²) in [5.41, 5.74) is 1.80. The van der Waals surface area contributed by atoms with Crippen LogP contribution < -0.4 is 4.74 Å². The van der Waals surface area contributed by atoms with Gasteiger partial charge in [-0.2, -0.15) is 10.1 Å². The summed E-state index contributed by atoms with van der Waals surface area (Å²) in [4.78, 5) is 8.15. The maximum atomic E-state index is 13.6. The van der Waals surface area contributed by atoms with Crippen LogP contribution in [0.3, 0.4) is 0 Å². The zero-order chi connectivity index (χ0) is 17.4. The fourth-order valence-corrected chi connectivity index (χ4v) is 2.34. The minimum Gasteiger partial charge on any atom is -0.508 e. The van der Waals surface area contributed by atoms with Crippen molar-refractivity contribution < 1.29 is 18.6 Å². The number of fused-ring (bicyclic) bond motifs is 1. The predicted molar refractivity (Wildman–Crippen MR) is 85.2 cm³/mol. The first-order valence-electron chi connectivity index (χ1n) is 7.23. The molecule has 0 aliphatic carbocycles. The average Bonchev–Trinajstić information content (AvgIpc) is 3.01. The Morgan fingerprint density at radius 1 is 1.04 bits per heavy atom. The van der Waals surface area contributed by atoms with Crippen LogP contribution in [0.4, 0.5) is 8.78 Å². The Morgan fingerprint density at radius 3 is 2.60 bits per heavy atom. The topological polar surface area (TPSA) is 83.9 Å². The summed E-state index contributed by atoms with van der Waals surface area (Å²) in [5, 5.41) is 16.9. The highest BCUT2D eigenvalue weighted by atomic mass is 19.1. The molecule has 0 atom stereocenters. The van der Waals surface area contributed by atoms with Crippen LogP contribution in [0, 0.1) is 11.6 Å². The maximum absolute atomic E-state index is 13.6. The number of rotatable bonds is 3. The summed E-state index contributed by atoms with van der Waals surface area (Å²) in [6.45, 7) is 0. The first-order valence-corrected chi connectivity index (χ1v) is 7.23. The van der Waals surface area contributed by atoms with Gasteiger partial charge in [0.05, 0.1) is 11.1 Å². The summed E-state index contributed by atoms with van der Waals surface area (Å²) in [5.74, 6) is -1.58. The molecule has 0 saturated heterocycles. The number of aromatic amines is 1. The molecule has 4 rings (SSSR count). The first-order chi connectivity index (χ1) is 12.1. The quantitative estimate of drug-likeness (QED) is 0.593.